The maximum absolute atomic E-state index is 12.4. The standard InChI is InChI=1S/C16H19ClN4O/c1-16(10-18,12-2-3-12)20-15(22)11-8-19-21(9-11)14-6-4-13(17)5-7-14/h4-9,12H,2-3,10,18H2,1H3,(H,20,22). The maximum atomic E-state index is 12.4. The van der Waals surface area contributed by atoms with Crippen molar-refractivity contribution in [2.24, 2.45) is 11.7 Å². The molecule has 1 amide bonds. The summed E-state index contributed by atoms with van der Waals surface area (Å²) in [6.07, 6.45) is 5.52. The van der Waals surface area contributed by atoms with Crippen LogP contribution in [0.1, 0.15) is 30.1 Å². The van der Waals surface area contributed by atoms with E-state index in [1.165, 1.54) is 0 Å². The molecule has 1 aromatic heterocycles. The number of hydrogen-bond donors (Lipinski definition) is 2. The zero-order chi connectivity index (χ0) is 15.7. The molecule has 1 aliphatic rings. The summed E-state index contributed by atoms with van der Waals surface area (Å²) in [5.74, 6) is 0.341. The summed E-state index contributed by atoms with van der Waals surface area (Å²) in [5, 5.41) is 7.96. The van der Waals surface area contributed by atoms with E-state index in [9.17, 15) is 4.79 Å². The number of nitrogens with zero attached hydrogens (tertiary/aromatic N) is 2. The highest BCUT2D eigenvalue weighted by Crippen LogP contribution is 2.39. The highest BCUT2D eigenvalue weighted by Gasteiger charge is 2.41. The van der Waals surface area contributed by atoms with Crippen LogP contribution in [0.15, 0.2) is 36.7 Å². The summed E-state index contributed by atoms with van der Waals surface area (Å²) >= 11 is 5.87. The molecule has 0 bridgehead atoms. The summed E-state index contributed by atoms with van der Waals surface area (Å²) in [5.41, 5.74) is 6.88. The number of carbonyl (C=O) groups excluding carboxylic acids is 1. The van der Waals surface area contributed by atoms with Gasteiger partial charge in [-0.1, -0.05) is 11.6 Å². The third kappa shape index (κ3) is 3.00. The minimum absolute atomic E-state index is 0.139. The Bertz CT molecular complexity index is 678. The van der Waals surface area contributed by atoms with Gasteiger partial charge in [0.2, 0.25) is 0 Å². The first-order valence-electron chi connectivity index (χ1n) is 7.35. The molecule has 1 aromatic carbocycles. The molecule has 1 heterocycles. The number of halogens is 1. The number of carbonyl (C=O) groups is 1. The van der Waals surface area contributed by atoms with Gasteiger partial charge in [0, 0.05) is 17.8 Å². The molecule has 0 saturated heterocycles. The second-order valence-electron chi connectivity index (χ2n) is 6.00. The third-order valence-electron chi connectivity index (χ3n) is 4.24. The van der Waals surface area contributed by atoms with Crippen molar-refractivity contribution in [3.63, 3.8) is 0 Å². The Labute approximate surface area is 134 Å². The molecule has 1 unspecified atom stereocenters. The summed E-state index contributed by atoms with van der Waals surface area (Å²) in [7, 11) is 0. The number of amides is 1. The Kier molecular flexibility index (Phi) is 3.93. The van der Waals surface area contributed by atoms with E-state index in [-0.39, 0.29) is 11.4 Å². The normalized spacial score (nSPS) is 17.0. The molecule has 116 valence electrons. The van der Waals surface area contributed by atoms with Crippen LogP contribution in [0.5, 0.6) is 0 Å². The van der Waals surface area contributed by atoms with Gasteiger partial charge in [0.1, 0.15) is 0 Å². The van der Waals surface area contributed by atoms with Crippen LogP contribution in [0.3, 0.4) is 0 Å². The van der Waals surface area contributed by atoms with E-state index in [2.05, 4.69) is 10.4 Å². The smallest absolute Gasteiger partial charge is 0.254 e. The molecule has 22 heavy (non-hydrogen) atoms. The largest absolute Gasteiger partial charge is 0.345 e. The Morgan fingerprint density at radius 2 is 2.14 bits per heavy atom. The van der Waals surface area contributed by atoms with Crippen molar-refractivity contribution in [1.82, 2.24) is 15.1 Å². The van der Waals surface area contributed by atoms with Gasteiger partial charge in [-0.15, -0.1) is 0 Å². The monoisotopic (exact) mass is 318 g/mol. The summed E-state index contributed by atoms with van der Waals surface area (Å²) < 4.78 is 1.65. The molecule has 5 nitrogen and oxygen atoms in total. The first-order chi connectivity index (χ1) is 10.5. The van der Waals surface area contributed by atoms with E-state index in [1.54, 1.807) is 29.2 Å². The van der Waals surface area contributed by atoms with E-state index >= 15 is 0 Å². The van der Waals surface area contributed by atoms with Gasteiger partial charge in [-0.25, -0.2) is 4.68 Å². The highest BCUT2D eigenvalue weighted by molar-refractivity contribution is 6.30. The van der Waals surface area contributed by atoms with E-state index < -0.39 is 0 Å². The quantitative estimate of drug-likeness (QED) is 0.889. The molecule has 1 aliphatic carbocycles. The van der Waals surface area contributed by atoms with Gasteiger partial charge < -0.3 is 11.1 Å². The second-order valence-corrected chi connectivity index (χ2v) is 6.44. The van der Waals surface area contributed by atoms with Crippen LogP contribution >= 0.6 is 11.6 Å². The predicted octanol–water partition coefficient (Wildman–Crippen LogP) is 2.38. The topological polar surface area (TPSA) is 72.9 Å². The van der Waals surface area contributed by atoms with E-state index in [4.69, 9.17) is 17.3 Å². The van der Waals surface area contributed by atoms with Crippen LogP contribution in [0, 0.1) is 5.92 Å². The van der Waals surface area contributed by atoms with Crippen LogP contribution < -0.4 is 11.1 Å². The molecule has 0 spiro atoms. The number of nitrogens with two attached hydrogens (primary N) is 1. The van der Waals surface area contributed by atoms with Crippen molar-refractivity contribution in [2.75, 3.05) is 6.54 Å². The molecule has 6 heteroatoms. The average molecular weight is 319 g/mol. The summed E-state index contributed by atoms with van der Waals surface area (Å²) in [4.78, 5) is 12.4. The van der Waals surface area contributed by atoms with Crippen molar-refractivity contribution >= 4 is 17.5 Å². The van der Waals surface area contributed by atoms with Crippen LogP contribution in [-0.2, 0) is 0 Å². The van der Waals surface area contributed by atoms with E-state index in [0.717, 1.165) is 18.5 Å². The molecule has 3 N–H and O–H groups in total. The fraction of sp³-hybridized carbons (Fsp3) is 0.375. The Morgan fingerprint density at radius 3 is 2.73 bits per heavy atom. The Balaban J connectivity index is 1.75. The van der Waals surface area contributed by atoms with Gasteiger partial charge in [-0.2, -0.15) is 5.10 Å². The lowest BCUT2D eigenvalue weighted by Crippen LogP contribution is -2.53. The van der Waals surface area contributed by atoms with Crippen LogP contribution in [0.25, 0.3) is 5.69 Å². The lowest BCUT2D eigenvalue weighted by atomic mass is 9.95. The zero-order valence-electron chi connectivity index (χ0n) is 12.4. The van der Waals surface area contributed by atoms with Crippen molar-refractivity contribution in [2.45, 2.75) is 25.3 Å². The fourth-order valence-electron chi connectivity index (χ4n) is 2.55. The molecular weight excluding hydrogens is 300 g/mol. The average Bonchev–Trinajstić information content (AvgIpc) is 3.26. The number of hydrogen-bond acceptors (Lipinski definition) is 3. The lowest BCUT2D eigenvalue weighted by Gasteiger charge is -2.29. The van der Waals surface area contributed by atoms with Gasteiger partial charge in [0.05, 0.1) is 23.0 Å². The molecule has 0 radical (unpaired) electrons. The number of rotatable bonds is 5. The second kappa shape index (κ2) is 5.74. The number of aromatic nitrogens is 2. The lowest BCUT2D eigenvalue weighted by molar-refractivity contribution is 0.0898. The van der Waals surface area contributed by atoms with E-state index in [0.29, 0.717) is 23.0 Å². The van der Waals surface area contributed by atoms with Gasteiger partial charge >= 0.3 is 0 Å². The minimum atomic E-state index is -0.334. The molecule has 1 saturated carbocycles. The number of benzene rings is 1. The van der Waals surface area contributed by atoms with Crippen molar-refractivity contribution in [3.8, 4) is 5.69 Å². The molecular formula is C16H19ClN4O. The number of nitrogens with one attached hydrogen (secondary N) is 1. The van der Waals surface area contributed by atoms with Crippen LogP contribution in [0.2, 0.25) is 5.02 Å². The highest BCUT2D eigenvalue weighted by atomic mass is 35.5. The molecule has 3 rings (SSSR count). The van der Waals surface area contributed by atoms with Crippen molar-refractivity contribution in [3.05, 3.63) is 47.2 Å². The molecule has 0 aliphatic heterocycles. The van der Waals surface area contributed by atoms with Gasteiger partial charge in [0.15, 0.2) is 0 Å². The predicted molar refractivity (Wildman–Crippen MR) is 86.2 cm³/mol. The van der Waals surface area contributed by atoms with Crippen LogP contribution in [-0.4, -0.2) is 27.8 Å². The van der Waals surface area contributed by atoms with Crippen LogP contribution in [0.4, 0.5) is 0 Å². The molecule has 2 aromatic rings. The minimum Gasteiger partial charge on any atom is -0.345 e. The maximum Gasteiger partial charge on any atom is 0.254 e. The van der Waals surface area contributed by atoms with Gasteiger partial charge in [-0.3, -0.25) is 4.79 Å². The van der Waals surface area contributed by atoms with Crippen molar-refractivity contribution in [1.29, 1.82) is 0 Å². The summed E-state index contributed by atoms with van der Waals surface area (Å²) in [6, 6.07) is 7.28. The van der Waals surface area contributed by atoms with E-state index in [1.807, 2.05) is 19.1 Å². The first-order valence-corrected chi connectivity index (χ1v) is 7.73. The molecule has 1 atom stereocenters. The van der Waals surface area contributed by atoms with Gasteiger partial charge in [-0.05, 0) is 49.9 Å². The third-order valence-corrected chi connectivity index (χ3v) is 4.49. The summed E-state index contributed by atoms with van der Waals surface area (Å²) in [6.45, 7) is 2.45. The van der Waals surface area contributed by atoms with Gasteiger partial charge in [0.25, 0.3) is 5.91 Å². The Morgan fingerprint density at radius 1 is 1.45 bits per heavy atom. The Hall–Kier alpha value is -1.85. The zero-order valence-corrected chi connectivity index (χ0v) is 13.2. The fourth-order valence-corrected chi connectivity index (χ4v) is 2.67. The first kappa shape index (κ1) is 15.1. The molecule has 1 fully saturated rings. The SMILES string of the molecule is CC(CN)(NC(=O)c1cnn(-c2ccc(Cl)cc2)c1)C1CC1. The van der Waals surface area contributed by atoms with Crippen molar-refractivity contribution < 1.29 is 4.79 Å².